The second kappa shape index (κ2) is 12.6. The maximum Gasteiger partial charge on any atom is 0.251 e. The van der Waals surface area contributed by atoms with Crippen LogP contribution in [0.1, 0.15) is 47.8 Å². The van der Waals surface area contributed by atoms with Gasteiger partial charge in [-0.25, -0.2) is 0 Å². The van der Waals surface area contributed by atoms with Gasteiger partial charge in [-0.05, 0) is 35.7 Å². The summed E-state index contributed by atoms with van der Waals surface area (Å²) in [6.45, 7) is 6.23. The molecular weight excluding hydrogens is 419 g/mol. The van der Waals surface area contributed by atoms with Crippen LogP contribution in [0.5, 0.6) is 0 Å². The van der Waals surface area contributed by atoms with Crippen molar-refractivity contribution in [1.29, 1.82) is 0 Å². The number of hydrogen-bond acceptors (Lipinski definition) is 1. The molecule has 0 atom stereocenters. The molecule has 0 aliphatic rings. The average Bonchev–Trinajstić information content (AvgIpc) is 2.75. The van der Waals surface area contributed by atoms with Crippen molar-refractivity contribution < 1.29 is 37.5 Å². The van der Waals surface area contributed by atoms with E-state index in [0.29, 0.717) is 5.56 Å². The molecule has 0 unspecified atom stereocenters. The van der Waals surface area contributed by atoms with Gasteiger partial charge in [-0.1, -0.05) is 86.6 Å². The Hall–Kier alpha value is -1.77. The van der Waals surface area contributed by atoms with Crippen LogP contribution >= 0.6 is 0 Å². The molecule has 0 spiro atoms. The van der Waals surface area contributed by atoms with Crippen molar-refractivity contribution in [2.45, 2.75) is 26.2 Å². The van der Waals surface area contributed by atoms with E-state index in [2.05, 4.69) is 60.8 Å². The van der Waals surface area contributed by atoms with E-state index < -0.39 is 0 Å². The molecule has 145 valence electrons. The summed E-state index contributed by atoms with van der Waals surface area (Å²) in [4.78, 5) is 11.8. The third-order valence-corrected chi connectivity index (χ3v) is 4.65. The first kappa shape index (κ1) is 26.2. The Morgan fingerprint density at radius 2 is 1.07 bits per heavy atom. The maximum atomic E-state index is 11.8. The van der Waals surface area contributed by atoms with E-state index in [1.165, 1.54) is 11.1 Å². The van der Waals surface area contributed by atoms with Crippen molar-refractivity contribution in [3.63, 3.8) is 0 Å². The molecule has 3 aromatic carbocycles. The number of benzene rings is 3. The number of hydrogen-bond donors (Lipinski definition) is 1. The van der Waals surface area contributed by atoms with Crippen LogP contribution in [0.4, 0.5) is 0 Å². The van der Waals surface area contributed by atoms with Crippen LogP contribution in [0.15, 0.2) is 84.9 Å². The Kier molecular flexibility index (Phi) is 11.8. The summed E-state index contributed by atoms with van der Waals surface area (Å²) in [7, 11) is 1.65. The second-order valence-electron chi connectivity index (χ2n) is 6.01. The Morgan fingerprint density at radius 3 is 1.43 bits per heavy atom. The van der Waals surface area contributed by atoms with Gasteiger partial charge in [0.2, 0.25) is 0 Å². The smallest absolute Gasteiger partial charge is 0.251 e. The van der Waals surface area contributed by atoms with Crippen LogP contribution in [0.2, 0.25) is 0 Å². The average molecular weight is 449 g/mol. The molecule has 3 heteroatoms. The molecule has 0 saturated carbocycles. The van der Waals surface area contributed by atoms with Crippen LogP contribution in [-0.4, -0.2) is 13.0 Å². The number of carbonyl (C=O) groups excluding carboxylic acids is 1. The minimum Gasteiger partial charge on any atom is -0.358 e. The van der Waals surface area contributed by atoms with Gasteiger partial charge in [-0.2, -0.15) is 0 Å². The van der Waals surface area contributed by atoms with E-state index in [4.69, 9.17) is 0 Å². The maximum absolute atomic E-state index is 11.8. The first-order chi connectivity index (χ1) is 12.7. The van der Waals surface area contributed by atoms with Crippen molar-refractivity contribution in [3.8, 4) is 0 Å². The minimum absolute atomic E-state index is 0. The largest absolute Gasteiger partial charge is 0.358 e. The fourth-order valence-corrected chi connectivity index (χ4v) is 3.14. The minimum atomic E-state index is -0.274. The molecule has 3 rings (SSSR count). The molecule has 0 heterocycles. The SMILES string of the molecule is CC.CNC(=O)c1ccc(C(C)(c2ccccc2)c2ccccc2)cc1.[CH3-].[Y]. The van der Waals surface area contributed by atoms with E-state index >= 15 is 0 Å². The molecule has 0 aliphatic heterocycles. The van der Waals surface area contributed by atoms with Crippen molar-refractivity contribution in [2.75, 3.05) is 7.05 Å². The number of rotatable bonds is 4. The Morgan fingerprint density at radius 1 is 0.714 bits per heavy atom. The molecule has 1 amide bonds. The van der Waals surface area contributed by atoms with Crippen LogP contribution in [0.25, 0.3) is 0 Å². The van der Waals surface area contributed by atoms with Gasteiger partial charge < -0.3 is 12.7 Å². The molecule has 0 fully saturated rings. The second-order valence-corrected chi connectivity index (χ2v) is 6.01. The zero-order valence-corrected chi connectivity index (χ0v) is 20.4. The Balaban J connectivity index is 0.00000177. The fraction of sp³-hybridized carbons (Fsp3) is 0.200. The van der Waals surface area contributed by atoms with Gasteiger partial charge in [0.25, 0.3) is 5.91 Å². The zero-order valence-electron chi connectivity index (χ0n) is 17.6. The molecule has 0 aliphatic carbocycles. The Bertz CT molecular complexity index is 775. The summed E-state index contributed by atoms with van der Waals surface area (Å²) in [6, 6.07) is 28.8. The summed E-state index contributed by atoms with van der Waals surface area (Å²) in [6.07, 6.45) is 0. The van der Waals surface area contributed by atoms with Gasteiger partial charge in [0.1, 0.15) is 0 Å². The molecule has 1 radical (unpaired) electrons. The quantitative estimate of drug-likeness (QED) is 0.392. The predicted molar refractivity (Wildman–Crippen MR) is 116 cm³/mol. The Labute approximate surface area is 195 Å². The molecule has 28 heavy (non-hydrogen) atoms. The number of nitrogens with one attached hydrogen (secondary N) is 1. The summed E-state index contributed by atoms with van der Waals surface area (Å²) >= 11 is 0. The summed E-state index contributed by atoms with van der Waals surface area (Å²) in [5, 5.41) is 2.66. The monoisotopic (exact) mass is 449 g/mol. The van der Waals surface area contributed by atoms with Crippen LogP contribution < -0.4 is 5.32 Å². The topological polar surface area (TPSA) is 29.1 Å². The molecule has 0 saturated heterocycles. The van der Waals surface area contributed by atoms with E-state index in [-0.39, 0.29) is 51.5 Å². The van der Waals surface area contributed by atoms with Crippen molar-refractivity contribution in [1.82, 2.24) is 5.32 Å². The summed E-state index contributed by atoms with van der Waals surface area (Å²) < 4.78 is 0. The summed E-state index contributed by atoms with van der Waals surface area (Å²) in [5.74, 6) is -0.0670. The first-order valence-corrected chi connectivity index (χ1v) is 9.10. The predicted octanol–water partition coefficient (Wildman–Crippen LogP) is 5.87. The zero-order chi connectivity index (χ0) is 19.0. The van der Waals surface area contributed by atoms with Crippen molar-refractivity contribution in [2.24, 2.45) is 0 Å². The van der Waals surface area contributed by atoms with Gasteiger partial charge >= 0.3 is 0 Å². The van der Waals surface area contributed by atoms with Crippen LogP contribution in [0, 0.1) is 7.43 Å². The van der Waals surface area contributed by atoms with Crippen molar-refractivity contribution >= 4 is 5.91 Å². The third-order valence-electron chi connectivity index (χ3n) is 4.65. The van der Waals surface area contributed by atoms with Crippen LogP contribution in [-0.2, 0) is 38.1 Å². The van der Waals surface area contributed by atoms with Gasteiger partial charge in [-0.15, -0.1) is 0 Å². The van der Waals surface area contributed by atoms with E-state index in [9.17, 15) is 4.79 Å². The van der Waals surface area contributed by atoms with E-state index in [0.717, 1.165) is 5.56 Å². The summed E-state index contributed by atoms with van der Waals surface area (Å²) in [5.41, 5.74) is 4.01. The van der Waals surface area contributed by atoms with E-state index in [1.54, 1.807) is 7.05 Å². The van der Waals surface area contributed by atoms with Gasteiger partial charge in [0, 0.05) is 50.7 Å². The third kappa shape index (κ3) is 5.62. The molecule has 0 aromatic heterocycles. The molecule has 1 N–H and O–H groups in total. The van der Waals surface area contributed by atoms with E-state index in [1.807, 2.05) is 50.2 Å². The number of amides is 1. The standard InChI is InChI=1S/C22H21NO.C2H6.CH3.Y/c1-22(18-9-5-3-6-10-18,19-11-7-4-8-12-19)20-15-13-17(14-16-20)21(24)23-2;1-2;;/h3-16H,1-2H3,(H,23,24);1-2H3;1H3;/q;;-1;. The molecular formula is C25H30NOY-. The number of carbonyl (C=O) groups is 1. The first-order valence-electron chi connectivity index (χ1n) is 9.10. The fourth-order valence-electron chi connectivity index (χ4n) is 3.14. The molecule has 0 bridgehead atoms. The van der Waals surface area contributed by atoms with Gasteiger partial charge in [0.15, 0.2) is 0 Å². The molecule has 3 aromatic rings. The van der Waals surface area contributed by atoms with Crippen molar-refractivity contribution in [3.05, 3.63) is 115 Å². The van der Waals surface area contributed by atoms with Gasteiger partial charge in [0.05, 0.1) is 0 Å². The normalized spacial score (nSPS) is 9.71. The van der Waals surface area contributed by atoms with Crippen LogP contribution in [0.3, 0.4) is 0 Å². The molecule has 2 nitrogen and oxygen atoms in total. The van der Waals surface area contributed by atoms with Gasteiger partial charge in [-0.3, -0.25) is 4.79 Å².